The van der Waals surface area contributed by atoms with Crippen LogP contribution >= 0.6 is 0 Å². The molecule has 1 aliphatic heterocycles. The van der Waals surface area contributed by atoms with Crippen LogP contribution in [0.2, 0.25) is 0 Å². The van der Waals surface area contributed by atoms with Gasteiger partial charge in [-0.15, -0.1) is 0 Å². The number of sulfonamides is 1. The van der Waals surface area contributed by atoms with Crippen LogP contribution in [0.25, 0.3) is 0 Å². The van der Waals surface area contributed by atoms with Crippen molar-refractivity contribution in [3.05, 3.63) is 84.2 Å². The van der Waals surface area contributed by atoms with Crippen molar-refractivity contribution in [1.29, 1.82) is 0 Å². The Morgan fingerprint density at radius 2 is 1.80 bits per heavy atom. The second-order valence-corrected chi connectivity index (χ2v) is 11.7. The summed E-state index contributed by atoms with van der Waals surface area (Å²) in [5, 5.41) is 12.7. The van der Waals surface area contributed by atoms with E-state index in [0.29, 0.717) is 5.69 Å². The lowest BCUT2D eigenvalue weighted by molar-refractivity contribution is 0.0373. The number of aliphatic hydroxyl groups excluding tert-OH is 1. The van der Waals surface area contributed by atoms with E-state index in [1.165, 1.54) is 28.0 Å². The number of halogens is 1. The maximum Gasteiger partial charge on any atom is 0.321 e. The molecular weight excluding hydrogens is 551 g/mol. The summed E-state index contributed by atoms with van der Waals surface area (Å²) >= 11 is 0. The van der Waals surface area contributed by atoms with Crippen LogP contribution in [-0.4, -0.2) is 74.2 Å². The number of carbonyl (C=O) groups is 2. The Labute approximate surface area is 238 Å². The summed E-state index contributed by atoms with van der Waals surface area (Å²) in [5.74, 6) is -1.36. The molecule has 0 fully saturated rings. The first-order valence-electron chi connectivity index (χ1n) is 13.1. The molecule has 0 saturated heterocycles. The number of amides is 3. The van der Waals surface area contributed by atoms with Gasteiger partial charge in [0, 0.05) is 25.2 Å². The van der Waals surface area contributed by atoms with Gasteiger partial charge in [-0.3, -0.25) is 9.52 Å². The van der Waals surface area contributed by atoms with Gasteiger partial charge in [-0.05, 0) is 55.5 Å². The number of urea groups is 1. The van der Waals surface area contributed by atoms with E-state index < -0.39 is 33.9 Å². The summed E-state index contributed by atoms with van der Waals surface area (Å²) in [7, 11) is -2.57. The van der Waals surface area contributed by atoms with Crippen LogP contribution in [0.3, 0.4) is 0 Å². The fourth-order valence-electron chi connectivity index (χ4n) is 4.45. The first-order chi connectivity index (χ1) is 19.5. The van der Waals surface area contributed by atoms with Crippen molar-refractivity contribution in [2.45, 2.75) is 30.9 Å². The highest BCUT2D eigenvalue weighted by atomic mass is 32.2. The molecular formula is C29H33FN4O6S. The van der Waals surface area contributed by atoms with Gasteiger partial charge in [0.05, 0.1) is 35.3 Å². The highest BCUT2D eigenvalue weighted by Gasteiger charge is 2.35. The zero-order valence-corrected chi connectivity index (χ0v) is 23.8. The average molecular weight is 585 g/mol. The second-order valence-electron chi connectivity index (χ2n) is 10.0. The zero-order chi connectivity index (χ0) is 29.7. The zero-order valence-electron chi connectivity index (χ0n) is 23.0. The molecule has 0 aliphatic carbocycles. The van der Waals surface area contributed by atoms with Gasteiger partial charge in [0.1, 0.15) is 11.9 Å². The van der Waals surface area contributed by atoms with Crippen LogP contribution in [0.4, 0.5) is 20.6 Å². The molecule has 0 spiro atoms. The summed E-state index contributed by atoms with van der Waals surface area (Å²) in [6, 6.07) is 16.9. The van der Waals surface area contributed by atoms with Gasteiger partial charge in [-0.2, -0.15) is 0 Å². The molecule has 3 atom stereocenters. The number of ether oxygens (including phenoxy) is 1. The minimum absolute atomic E-state index is 0.00673. The molecule has 3 aromatic carbocycles. The Kier molecular flexibility index (Phi) is 9.14. The van der Waals surface area contributed by atoms with E-state index in [1.807, 2.05) is 13.0 Å². The smallest absolute Gasteiger partial charge is 0.321 e. The van der Waals surface area contributed by atoms with E-state index >= 15 is 0 Å². The largest absolute Gasteiger partial charge is 0.485 e. The van der Waals surface area contributed by atoms with Crippen molar-refractivity contribution < 1.29 is 32.2 Å². The van der Waals surface area contributed by atoms with Crippen LogP contribution in [0, 0.1) is 11.7 Å². The van der Waals surface area contributed by atoms with Crippen LogP contribution in [-0.2, 0) is 10.0 Å². The molecule has 0 aromatic heterocycles. The standard InChI is InChI=1S/C29H33FN4O6S/c1-19-16-34(20(2)18-35)28(36)24-10-7-11-25(32-41(38,39)23-14-12-21(30)13-15-23)27(24)40-26(19)17-33(3)29(37)31-22-8-5-4-6-9-22/h4-15,19-20,26,32,35H,16-18H2,1-3H3,(H,31,37)/t19-,20+,26-/m0/s1. The Morgan fingerprint density at radius 1 is 1.12 bits per heavy atom. The Morgan fingerprint density at radius 3 is 2.46 bits per heavy atom. The number of anilines is 2. The number of fused-ring (bicyclic) bond motifs is 1. The number of hydrogen-bond donors (Lipinski definition) is 3. The van der Waals surface area contributed by atoms with E-state index in [1.54, 1.807) is 38.2 Å². The van der Waals surface area contributed by atoms with Crippen LogP contribution < -0.4 is 14.8 Å². The van der Waals surface area contributed by atoms with Crippen molar-refractivity contribution in [2.75, 3.05) is 36.8 Å². The number of likely N-dealkylation sites (N-methyl/N-ethyl adjacent to an activating group) is 1. The van der Waals surface area contributed by atoms with Gasteiger partial charge in [0.2, 0.25) is 0 Å². The SMILES string of the molecule is C[C@H](CO)N1C[C@H](C)[C@H](CN(C)C(=O)Nc2ccccc2)Oc2c(NS(=O)(=O)c3ccc(F)cc3)cccc2C1=O. The van der Waals surface area contributed by atoms with Gasteiger partial charge < -0.3 is 25.0 Å². The predicted octanol–water partition coefficient (Wildman–Crippen LogP) is 4.01. The number of nitrogens with one attached hydrogen (secondary N) is 2. The Bertz CT molecular complexity index is 1490. The van der Waals surface area contributed by atoms with Crippen molar-refractivity contribution in [2.24, 2.45) is 5.92 Å². The molecule has 3 amide bonds. The van der Waals surface area contributed by atoms with Crippen LogP contribution in [0.15, 0.2) is 77.7 Å². The van der Waals surface area contributed by atoms with Gasteiger partial charge in [0.25, 0.3) is 15.9 Å². The van der Waals surface area contributed by atoms with Gasteiger partial charge in [0.15, 0.2) is 5.75 Å². The topological polar surface area (TPSA) is 128 Å². The van der Waals surface area contributed by atoms with Crippen molar-refractivity contribution in [1.82, 2.24) is 9.80 Å². The number of aliphatic hydroxyl groups is 1. The molecule has 0 saturated carbocycles. The minimum atomic E-state index is -4.17. The Hall–Kier alpha value is -4.16. The van der Waals surface area contributed by atoms with E-state index in [9.17, 15) is 27.5 Å². The highest BCUT2D eigenvalue weighted by Crippen LogP contribution is 2.36. The lowest BCUT2D eigenvalue weighted by Gasteiger charge is -2.38. The summed E-state index contributed by atoms with van der Waals surface area (Å²) in [6.07, 6.45) is -0.668. The van der Waals surface area contributed by atoms with E-state index in [2.05, 4.69) is 10.0 Å². The van der Waals surface area contributed by atoms with Gasteiger partial charge >= 0.3 is 6.03 Å². The number of benzene rings is 3. The van der Waals surface area contributed by atoms with Crippen molar-refractivity contribution in [3.8, 4) is 5.75 Å². The third-order valence-corrected chi connectivity index (χ3v) is 8.27. The van der Waals surface area contributed by atoms with E-state index in [0.717, 1.165) is 24.3 Å². The average Bonchev–Trinajstić information content (AvgIpc) is 2.95. The lowest BCUT2D eigenvalue weighted by atomic mass is 9.99. The summed E-state index contributed by atoms with van der Waals surface area (Å²) < 4.78 is 48.6. The molecule has 0 unspecified atom stereocenters. The lowest BCUT2D eigenvalue weighted by Crippen LogP contribution is -2.50. The van der Waals surface area contributed by atoms with Crippen LogP contribution in [0.5, 0.6) is 5.75 Å². The Balaban J connectivity index is 1.69. The minimum Gasteiger partial charge on any atom is -0.485 e. The molecule has 10 nitrogen and oxygen atoms in total. The number of carbonyl (C=O) groups excluding carboxylic acids is 2. The summed E-state index contributed by atoms with van der Waals surface area (Å²) in [5.41, 5.74) is 0.720. The molecule has 4 rings (SSSR count). The molecule has 1 aliphatic rings. The molecule has 3 aromatic rings. The molecule has 0 bridgehead atoms. The second kappa shape index (κ2) is 12.6. The number of rotatable bonds is 8. The van der Waals surface area contributed by atoms with Gasteiger partial charge in [-0.1, -0.05) is 31.2 Å². The van der Waals surface area contributed by atoms with Crippen molar-refractivity contribution >= 4 is 33.3 Å². The normalized spacial score (nSPS) is 17.9. The molecule has 41 heavy (non-hydrogen) atoms. The number of nitrogens with zero attached hydrogens (tertiary/aromatic N) is 2. The third-order valence-electron chi connectivity index (χ3n) is 6.88. The highest BCUT2D eigenvalue weighted by molar-refractivity contribution is 7.92. The fraction of sp³-hybridized carbons (Fsp3) is 0.310. The molecule has 1 heterocycles. The monoisotopic (exact) mass is 584 g/mol. The summed E-state index contributed by atoms with van der Waals surface area (Å²) in [6.45, 7) is 3.62. The molecule has 12 heteroatoms. The van der Waals surface area contributed by atoms with Gasteiger partial charge in [-0.25, -0.2) is 17.6 Å². The molecule has 218 valence electrons. The third kappa shape index (κ3) is 6.95. The first-order valence-corrected chi connectivity index (χ1v) is 14.6. The summed E-state index contributed by atoms with van der Waals surface area (Å²) in [4.78, 5) is 29.4. The maximum absolute atomic E-state index is 13.6. The van der Waals surface area contributed by atoms with Crippen LogP contribution in [0.1, 0.15) is 24.2 Å². The quantitative estimate of drug-likeness (QED) is 0.367. The number of para-hydroxylation sites is 2. The first kappa shape index (κ1) is 29.8. The van der Waals surface area contributed by atoms with E-state index in [4.69, 9.17) is 4.74 Å². The van der Waals surface area contributed by atoms with Crippen molar-refractivity contribution in [3.63, 3.8) is 0 Å². The maximum atomic E-state index is 13.6. The van der Waals surface area contributed by atoms with E-state index in [-0.39, 0.29) is 53.5 Å². The predicted molar refractivity (Wildman–Crippen MR) is 153 cm³/mol. The molecule has 0 radical (unpaired) electrons. The number of hydrogen-bond acceptors (Lipinski definition) is 6. The fourth-order valence-corrected chi connectivity index (χ4v) is 5.51. The molecule has 3 N–H and O–H groups in total.